The van der Waals surface area contributed by atoms with Crippen LogP contribution in [0.3, 0.4) is 0 Å². The third-order valence-electron chi connectivity index (χ3n) is 12.2. The molecule has 0 heterocycles. The van der Waals surface area contributed by atoms with Gasteiger partial charge in [-0.25, -0.2) is 0 Å². The van der Waals surface area contributed by atoms with E-state index in [1.54, 1.807) is 0 Å². The zero-order chi connectivity index (χ0) is 41.7. The van der Waals surface area contributed by atoms with Crippen molar-refractivity contribution < 1.29 is 25.2 Å². The average Bonchev–Trinajstić information content (AvgIpc) is 3.22. The molecule has 0 aliphatic rings. The number of aliphatic hydroxyl groups excluding tert-OH is 4. The van der Waals surface area contributed by atoms with Crippen LogP contribution in [0.2, 0.25) is 0 Å². The highest BCUT2D eigenvalue weighted by molar-refractivity contribution is 5.80. The van der Waals surface area contributed by atoms with Crippen molar-refractivity contribution in [3.05, 3.63) is 12.2 Å². The summed E-state index contributed by atoms with van der Waals surface area (Å²) in [6, 6.07) is -0.984. The number of carbonyl (C=O) groups excluding carboxylic acids is 1. The Morgan fingerprint density at radius 1 is 0.421 bits per heavy atom. The van der Waals surface area contributed by atoms with Crippen molar-refractivity contribution in [2.75, 3.05) is 6.61 Å². The Hall–Kier alpha value is -0.950. The van der Waals surface area contributed by atoms with Crippen LogP contribution in [0.1, 0.15) is 277 Å². The molecule has 0 fully saturated rings. The molecule has 0 aromatic rings. The van der Waals surface area contributed by atoms with E-state index < -0.39 is 36.9 Å². The molecular weight excluding hydrogens is 707 g/mol. The summed E-state index contributed by atoms with van der Waals surface area (Å²) in [5.41, 5.74) is 0. The minimum atomic E-state index is -1.26. The van der Waals surface area contributed by atoms with Crippen molar-refractivity contribution in [2.45, 2.75) is 301 Å². The second kappa shape index (κ2) is 46.1. The van der Waals surface area contributed by atoms with E-state index in [-0.39, 0.29) is 0 Å². The van der Waals surface area contributed by atoms with Gasteiger partial charge in [0, 0.05) is 0 Å². The summed E-state index contributed by atoms with van der Waals surface area (Å²) in [5, 5.41) is 43.9. The molecule has 5 N–H and O–H groups in total. The quantitative estimate of drug-likeness (QED) is 0.0311. The predicted molar refractivity (Wildman–Crippen MR) is 247 cm³/mol. The molecule has 0 aliphatic heterocycles. The van der Waals surface area contributed by atoms with Crippen LogP contribution >= 0.6 is 0 Å². The van der Waals surface area contributed by atoms with Crippen LogP contribution in [-0.4, -0.2) is 57.3 Å². The smallest absolute Gasteiger partial charge is 0.249 e. The topological polar surface area (TPSA) is 110 Å². The van der Waals surface area contributed by atoms with Gasteiger partial charge in [0.2, 0.25) is 5.91 Å². The van der Waals surface area contributed by atoms with E-state index in [0.29, 0.717) is 12.8 Å². The van der Waals surface area contributed by atoms with Crippen LogP contribution in [0.15, 0.2) is 12.2 Å². The number of hydrogen-bond donors (Lipinski definition) is 5. The van der Waals surface area contributed by atoms with Gasteiger partial charge < -0.3 is 25.7 Å². The third kappa shape index (κ3) is 40.2. The van der Waals surface area contributed by atoms with Crippen LogP contribution in [0.25, 0.3) is 0 Å². The molecule has 6 heteroatoms. The Morgan fingerprint density at radius 2 is 0.702 bits per heavy atom. The summed E-state index contributed by atoms with van der Waals surface area (Å²) in [6.45, 7) is 4.08. The molecule has 0 saturated carbocycles. The van der Waals surface area contributed by atoms with Gasteiger partial charge in [0.05, 0.1) is 18.8 Å². The molecule has 0 spiro atoms. The van der Waals surface area contributed by atoms with Crippen LogP contribution in [0.4, 0.5) is 0 Å². The number of carbonyl (C=O) groups is 1. The summed E-state index contributed by atoms with van der Waals surface area (Å²) in [4.78, 5) is 12.6. The van der Waals surface area contributed by atoms with Gasteiger partial charge in [-0.05, 0) is 38.5 Å². The van der Waals surface area contributed by atoms with Gasteiger partial charge in [-0.2, -0.15) is 0 Å². The average molecular weight is 808 g/mol. The molecule has 0 aromatic carbocycles. The monoisotopic (exact) mass is 808 g/mol. The Labute approximate surface area is 355 Å². The Morgan fingerprint density at radius 3 is 1.02 bits per heavy atom. The van der Waals surface area contributed by atoms with E-state index in [0.717, 1.165) is 38.5 Å². The fourth-order valence-electron chi connectivity index (χ4n) is 8.17. The molecule has 0 rings (SSSR count). The number of allylic oxidation sites excluding steroid dienone is 2. The number of unbranched alkanes of at least 4 members (excludes halogenated alkanes) is 36. The molecule has 0 aromatic heterocycles. The van der Waals surface area contributed by atoms with Crippen molar-refractivity contribution in [3.63, 3.8) is 0 Å². The first kappa shape index (κ1) is 56.0. The summed E-state index contributed by atoms with van der Waals surface area (Å²) in [7, 11) is 0. The largest absolute Gasteiger partial charge is 0.394 e. The minimum absolute atomic E-state index is 0.367. The highest BCUT2D eigenvalue weighted by Gasteiger charge is 2.28. The second-order valence-electron chi connectivity index (χ2n) is 17.9. The summed E-state index contributed by atoms with van der Waals surface area (Å²) < 4.78 is 0. The minimum Gasteiger partial charge on any atom is -0.394 e. The number of aliphatic hydroxyl groups is 4. The molecule has 0 saturated heterocycles. The number of rotatable bonds is 47. The first-order valence-electron chi connectivity index (χ1n) is 25.6. The van der Waals surface area contributed by atoms with Gasteiger partial charge in [-0.15, -0.1) is 0 Å². The van der Waals surface area contributed by atoms with Crippen molar-refractivity contribution >= 4 is 5.91 Å². The first-order valence-corrected chi connectivity index (χ1v) is 25.6. The molecule has 0 bridgehead atoms. The fourth-order valence-corrected chi connectivity index (χ4v) is 8.17. The maximum absolute atomic E-state index is 12.6. The molecule has 4 atom stereocenters. The zero-order valence-corrected chi connectivity index (χ0v) is 38.4. The molecule has 0 radical (unpaired) electrons. The van der Waals surface area contributed by atoms with E-state index in [2.05, 4.69) is 31.3 Å². The summed E-state index contributed by atoms with van der Waals surface area (Å²) in [5.74, 6) is -0.583. The third-order valence-corrected chi connectivity index (χ3v) is 12.2. The lowest BCUT2D eigenvalue weighted by Gasteiger charge is -2.27. The number of amides is 1. The Bertz CT molecular complexity index is 821. The number of nitrogens with one attached hydrogen (secondary N) is 1. The van der Waals surface area contributed by atoms with Gasteiger partial charge in [0.15, 0.2) is 0 Å². The van der Waals surface area contributed by atoms with Gasteiger partial charge in [-0.3, -0.25) is 4.79 Å². The number of hydrogen-bond acceptors (Lipinski definition) is 5. The lowest BCUT2D eigenvalue weighted by Crippen LogP contribution is -2.53. The molecule has 0 aliphatic carbocycles. The highest BCUT2D eigenvalue weighted by Crippen LogP contribution is 2.17. The lowest BCUT2D eigenvalue weighted by molar-refractivity contribution is -0.132. The summed E-state index contributed by atoms with van der Waals surface area (Å²) in [6.07, 6.45) is 52.5. The van der Waals surface area contributed by atoms with E-state index >= 15 is 0 Å². The molecule has 6 nitrogen and oxygen atoms in total. The molecular formula is C51H101NO5. The SMILES string of the molecule is CCCCCCCCCCCCCC/C=C\CCCCCCCCCC(O)C(=O)NC(CO)C(O)C(O)CCCCCCCCCCCCCCCCCCCC. The second-order valence-corrected chi connectivity index (χ2v) is 17.9. The Kier molecular flexibility index (Phi) is 45.4. The van der Waals surface area contributed by atoms with E-state index in [1.165, 1.54) is 212 Å². The van der Waals surface area contributed by atoms with Gasteiger partial charge >= 0.3 is 0 Å². The Balaban J connectivity index is 3.66. The molecule has 340 valence electrons. The van der Waals surface area contributed by atoms with Crippen molar-refractivity contribution in [1.29, 1.82) is 0 Å². The molecule has 1 amide bonds. The van der Waals surface area contributed by atoms with Gasteiger partial charge in [-0.1, -0.05) is 251 Å². The van der Waals surface area contributed by atoms with E-state index in [1.807, 2.05) is 0 Å². The van der Waals surface area contributed by atoms with Crippen LogP contribution in [0.5, 0.6) is 0 Å². The van der Waals surface area contributed by atoms with Crippen LogP contribution in [-0.2, 0) is 4.79 Å². The normalized spacial score (nSPS) is 14.0. The van der Waals surface area contributed by atoms with Crippen molar-refractivity contribution in [3.8, 4) is 0 Å². The molecule has 4 unspecified atom stereocenters. The zero-order valence-electron chi connectivity index (χ0n) is 38.4. The maximum Gasteiger partial charge on any atom is 0.249 e. The fraction of sp³-hybridized carbons (Fsp3) is 0.941. The van der Waals surface area contributed by atoms with Gasteiger partial charge in [0.1, 0.15) is 12.2 Å². The van der Waals surface area contributed by atoms with Gasteiger partial charge in [0.25, 0.3) is 0 Å². The van der Waals surface area contributed by atoms with E-state index in [4.69, 9.17) is 0 Å². The van der Waals surface area contributed by atoms with Crippen molar-refractivity contribution in [1.82, 2.24) is 5.32 Å². The first-order chi connectivity index (χ1) is 28.0. The van der Waals surface area contributed by atoms with Crippen LogP contribution < -0.4 is 5.32 Å². The van der Waals surface area contributed by atoms with Crippen molar-refractivity contribution in [2.24, 2.45) is 0 Å². The standard InChI is InChI=1S/C51H101NO5/c1-3-5-7-9-11-13-15-17-19-21-23-24-25-26-27-29-31-33-35-37-39-41-43-45-49(55)51(57)52-47(46-53)50(56)48(54)44-42-40-38-36-34-32-30-28-22-20-18-16-14-12-10-8-6-4-2/h26-27,47-50,53-56H,3-25,28-46H2,1-2H3,(H,52,57)/b27-26-. The highest BCUT2D eigenvalue weighted by atomic mass is 16.3. The van der Waals surface area contributed by atoms with Crippen LogP contribution in [0, 0.1) is 0 Å². The predicted octanol–water partition coefficient (Wildman–Crippen LogP) is 14.1. The maximum atomic E-state index is 12.6. The van der Waals surface area contributed by atoms with E-state index in [9.17, 15) is 25.2 Å². The summed E-state index contributed by atoms with van der Waals surface area (Å²) >= 11 is 0. The molecule has 57 heavy (non-hydrogen) atoms. The lowest BCUT2D eigenvalue weighted by atomic mass is 9.99.